The minimum absolute atomic E-state index is 0.205. The Morgan fingerprint density at radius 3 is 2.24 bits per heavy atom. The van der Waals surface area contributed by atoms with Gasteiger partial charge in [0.1, 0.15) is 0 Å². The molecule has 3 aromatic rings. The van der Waals surface area contributed by atoms with E-state index in [1.54, 1.807) is 4.90 Å². The number of fused-ring (bicyclic) bond motifs is 1. The number of carbonyl (C=O) groups is 1. The standard InChI is InChI=1S/C23H19F3N4O3/c24-23(25,26)17-4-1-15(2-5-17)22(31)30-11-9-29(10-12-30)21-8-6-18(27-28-21)16-3-7-19-20(13-16)33-14-32-19/h1-8,13H,9-12,14H2. The first-order valence-corrected chi connectivity index (χ1v) is 10.3. The van der Waals surface area contributed by atoms with Gasteiger partial charge in [-0.1, -0.05) is 0 Å². The SMILES string of the molecule is O=C(c1ccc(C(F)(F)F)cc1)N1CCN(c2ccc(-c3ccc4c(c3)OCO4)nn2)CC1. The lowest BCUT2D eigenvalue weighted by Crippen LogP contribution is -2.49. The molecule has 33 heavy (non-hydrogen) atoms. The fourth-order valence-corrected chi connectivity index (χ4v) is 3.83. The van der Waals surface area contributed by atoms with E-state index >= 15 is 0 Å². The predicted molar refractivity (Wildman–Crippen MR) is 113 cm³/mol. The van der Waals surface area contributed by atoms with Gasteiger partial charge < -0.3 is 19.3 Å². The number of amides is 1. The Balaban J connectivity index is 1.21. The van der Waals surface area contributed by atoms with Crippen LogP contribution >= 0.6 is 0 Å². The molecule has 1 aromatic heterocycles. The fourth-order valence-electron chi connectivity index (χ4n) is 3.83. The maximum atomic E-state index is 12.7. The summed E-state index contributed by atoms with van der Waals surface area (Å²) >= 11 is 0. The van der Waals surface area contributed by atoms with E-state index in [0.29, 0.717) is 49.2 Å². The molecule has 10 heteroatoms. The van der Waals surface area contributed by atoms with Crippen LogP contribution in [-0.2, 0) is 6.18 Å². The quantitative estimate of drug-likeness (QED) is 0.597. The number of nitrogens with zero attached hydrogens (tertiary/aromatic N) is 4. The van der Waals surface area contributed by atoms with Gasteiger partial charge in [0.05, 0.1) is 11.3 Å². The lowest BCUT2D eigenvalue weighted by Gasteiger charge is -2.35. The van der Waals surface area contributed by atoms with E-state index in [1.807, 2.05) is 35.2 Å². The van der Waals surface area contributed by atoms with Crippen molar-refractivity contribution >= 4 is 11.7 Å². The Morgan fingerprint density at radius 1 is 0.848 bits per heavy atom. The van der Waals surface area contributed by atoms with Crippen molar-refractivity contribution in [3.05, 3.63) is 65.7 Å². The molecule has 5 rings (SSSR count). The number of ether oxygens (including phenoxy) is 2. The van der Waals surface area contributed by atoms with E-state index in [0.717, 1.165) is 17.7 Å². The summed E-state index contributed by atoms with van der Waals surface area (Å²) in [6, 6.07) is 13.6. The molecule has 3 heterocycles. The molecule has 0 radical (unpaired) electrons. The number of alkyl halides is 3. The highest BCUT2D eigenvalue weighted by Crippen LogP contribution is 2.35. The molecule has 7 nitrogen and oxygen atoms in total. The second kappa shape index (κ2) is 8.27. The third kappa shape index (κ3) is 4.28. The Morgan fingerprint density at radius 2 is 1.58 bits per heavy atom. The minimum Gasteiger partial charge on any atom is -0.454 e. The van der Waals surface area contributed by atoms with Gasteiger partial charge in [0, 0.05) is 37.3 Å². The van der Waals surface area contributed by atoms with Crippen molar-refractivity contribution in [2.75, 3.05) is 37.9 Å². The van der Waals surface area contributed by atoms with E-state index < -0.39 is 11.7 Å². The predicted octanol–water partition coefficient (Wildman–Crippen LogP) is 3.85. The monoisotopic (exact) mass is 456 g/mol. The van der Waals surface area contributed by atoms with Crippen molar-refractivity contribution in [3.63, 3.8) is 0 Å². The number of benzene rings is 2. The highest BCUT2D eigenvalue weighted by atomic mass is 19.4. The summed E-state index contributed by atoms with van der Waals surface area (Å²) < 4.78 is 48.9. The second-order valence-corrected chi connectivity index (χ2v) is 7.70. The van der Waals surface area contributed by atoms with Crippen LogP contribution in [0.1, 0.15) is 15.9 Å². The fraction of sp³-hybridized carbons (Fsp3) is 0.261. The van der Waals surface area contributed by atoms with Crippen LogP contribution in [0.25, 0.3) is 11.3 Å². The summed E-state index contributed by atoms with van der Waals surface area (Å²) in [6.45, 7) is 2.17. The zero-order chi connectivity index (χ0) is 23.0. The molecule has 0 bridgehead atoms. The average molecular weight is 456 g/mol. The van der Waals surface area contributed by atoms with Crippen LogP contribution in [0.3, 0.4) is 0 Å². The van der Waals surface area contributed by atoms with Crippen LogP contribution in [0.5, 0.6) is 11.5 Å². The molecule has 2 aliphatic heterocycles. The first kappa shape index (κ1) is 21.0. The highest BCUT2D eigenvalue weighted by Gasteiger charge is 2.31. The third-order valence-corrected chi connectivity index (χ3v) is 5.67. The molecule has 0 saturated carbocycles. The molecule has 0 spiro atoms. The molecule has 2 aromatic carbocycles. The van der Waals surface area contributed by atoms with Gasteiger partial charge in [-0.25, -0.2) is 0 Å². The molecule has 0 atom stereocenters. The zero-order valence-electron chi connectivity index (χ0n) is 17.4. The van der Waals surface area contributed by atoms with Gasteiger partial charge in [0.2, 0.25) is 6.79 Å². The maximum absolute atomic E-state index is 12.7. The first-order chi connectivity index (χ1) is 15.9. The van der Waals surface area contributed by atoms with Crippen molar-refractivity contribution in [3.8, 4) is 22.8 Å². The molecule has 0 unspecified atom stereocenters. The molecule has 2 aliphatic rings. The molecule has 170 valence electrons. The van der Waals surface area contributed by atoms with E-state index in [4.69, 9.17) is 9.47 Å². The van der Waals surface area contributed by atoms with Crippen LogP contribution in [0, 0.1) is 0 Å². The summed E-state index contributed by atoms with van der Waals surface area (Å²) in [5.41, 5.74) is 1.04. The van der Waals surface area contributed by atoms with E-state index in [1.165, 1.54) is 12.1 Å². The second-order valence-electron chi connectivity index (χ2n) is 7.70. The van der Waals surface area contributed by atoms with E-state index in [2.05, 4.69) is 10.2 Å². The van der Waals surface area contributed by atoms with Gasteiger partial charge in [-0.3, -0.25) is 4.79 Å². The molecule has 0 aliphatic carbocycles. The van der Waals surface area contributed by atoms with Crippen LogP contribution < -0.4 is 14.4 Å². The zero-order valence-corrected chi connectivity index (χ0v) is 17.4. The van der Waals surface area contributed by atoms with Gasteiger partial charge in [0.15, 0.2) is 17.3 Å². The number of carbonyl (C=O) groups excluding carboxylic acids is 1. The molecule has 1 saturated heterocycles. The topological polar surface area (TPSA) is 67.8 Å². The molecule has 1 fully saturated rings. The van der Waals surface area contributed by atoms with Crippen molar-refractivity contribution in [1.29, 1.82) is 0 Å². The Kier molecular flexibility index (Phi) is 5.27. The van der Waals surface area contributed by atoms with Crippen molar-refractivity contribution in [1.82, 2.24) is 15.1 Å². The molecule has 0 N–H and O–H groups in total. The van der Waals surface area contributed by atoms with Gasteiger partial charge >= 0.3 is 6.18 Å². The molecular formula is C23H19F3N4O3. The summed E-state index contributed by atoms with van der Waals surface area (Å²) in [5.74, 6) is 1.79. The Labute approximate surface area is 187 Å². The lowest BCUT2D eigenvalue weighted by molar-refractivity contribution is -0.137. The maximum Gasteiger partial charge on any atom is 0.416 e. The Bertz CT molecular complexity index is 1160. The van der Waals surface area contributed by atoms with Crippen LogP contribution in [0.2, 0.25) is 0 Å². The number of anilines is 1. The van der Waals surface area contributed by atoms with Gasteiger partial charge in [-0.15, -0.1) is 10.2 Å². The van der Waals surface area contributed by atoms with Crippen molar-refractivity contribution < 1.29 is 27.4 Å². The lowest BCUT2D eigenvalue weighted by atomic mass is 10.1. The van der Waals surface area contributed by atoms with Gasteiger partial charge in [-0.2, -0.15) is 13.2 Å². The molecule has 1 amide bonds. The highest BCUT2D eigenvalue weighted by molar-refractivity contribution is 5.94. The van der Waals surface area contributed by atoms with Crippen molar-refractivity contribution in [2.45, 2.75) is 6.18 Å². The van der Waals surface area contributed by atoms with Gasteiger partial charge in [-0.05, 0) is 54.6 Å². The first-order valence-electron chi connectivity index (χ1n) is 10.3. The molecular weight excluding hydrogens is 437 g/mol. The third-order valence-electron chi connectivity index (χ3n) is 5.67. The van der Waals surface area contributed by atoms with Crippen LogP contribution in [0.15, 0.2) is 54.6 Å². The van der Waals surface area contributed by atoms with E-state index in [-0.39, 0.29) is 18.3 Å². The minimum atomic E-state index is -4.42. The number of aromatic nitrogens is 2. The summed E-state index contributed by atoms with van der Waals surface area (Å²) in [7, 11) is 0. The smallest absolute Gasteiger partial charge is 0.416 e. The summed E-state index contributed by atoms with van der Waals surface area (Å²) in [4.78, 5) is 16.3. The number of hydrogen-bond donors (Lipinski definition) is 0. The number of piperazine rings is 1. The Hall–Kier alpha value is -3.82. The van der Waals surface area contributed by atoms with Gasteiger partial charge in [0.25, 0.3) is 5.91 Å². The number of rotatable bonds is 3. The number of hydrogen-bond acceptors (Lipinski definition) is 6. The summed E-state index contributed by atoms with van der Waals surface area (Å²) in [6.07, 6.45) is -4.42. The summed E-state index contributed by atoms with van der Waals surface area (Å²) in [5, 5.41) is 8.65. The van der Waals surface area contributed by atoms with Crippen LogP contribution in [0.4, 0.5) is 19.0 Å². The average Bonchev–Trinajstić information content (AvgIpc) is 3.31. The largest absolute Gasteiger partial charge is 0.454 e. The van der Waals surface area contributed by atoms with E-state index in [9.17, 15) is 18.0 Å². The normalized spacial score (nSPS) is 15.6. The van der Waals surface area contributed by atoms with Crippen molar-refractivity contribution in [2.24, 2.45) is 0 Å². The van der Waals surface area contributed by atoms with Crippen LogP contribution in [-0.4, -0.2) is 54.0 Å². The number of halogens is 3.